The fourth-order valence-corrected chi connectivity index (χ4v) is 4.50. The number of hydrogen-bond acceptors (Lipinski definition) is 5. The Morgan fingerprint density at radius 1 is 1.31 bits per heavy atom. The number of rotatable bonds is 6. The molecule has 1 atom stereocenters. The SMILES string of the molecule is CCn1c(-c2ccccc2)nn(CN2CCCC(NS(C)(=O)=O)C2)c1=S. The number of piperidine rings is 1. The van der Waals surface area contributed by atoms with Crippen molar-refractivity contribution >= 4 is 22.2 Å². The average molecular weight is 396 g/mol. The molecule has 1 aromatic heterocycles. The smallest absolute Gasteiger partial charge is 0.208 e. The maximum absolute atomic E-state index is 11.5. The van der Waals surface area contributed by atoms with E-state index in [2.05, 4.69) is 16.5 Å². The zero-order valence-electron chi connectivity index (χ0n) is 15.1. The lowest BCUT2D eigenvalue weighted by Crippen LogP contribution is -2.47. The van der Waals surface area contributed by atoms with Crippen LogP contribution >= 0.6 is 12.2 Å². The number of hydrogen-bond donors (Lipinski definition) is 1. The quantitative estimate of drug-likeness (QED) is 0.758. The number of aromatic nitrogens is 3. The summed E-state index contributed by atoms with van der Waals surface area (Å²) in [6.45, 7) is 4.94. The van der Waals surface area contributed by atoms with Crippen LogP contribution in [0.25, 0.3) is 11.4 Å². The van der Waals surface area contributed by atoms with Gasteiger partial charge < -0.3 is 4.57 Å². The van der Waals surface area contributed by atoms with Crippen LogP contribution in [0.1, 0.15) is 19.8 Å². The highest BCUT2D eigenvalue weighted by Gasteiger charge is 2.23. The highest BCUT2D eigenvalue weighted by atomic mass is 32.2. The van der Waals surface area contributed by atoms with Gasteiger partial charge in [-0.25, -0.2) is 17.8 Å². The first kappa shape index (κ1) is 19.2. The summed E-state index contributed by atoms with van der Waals surface area (Å²) >= 11 is 5.62. The zero-order chi connectivity index (χ0) is 18.7. The topological polar surface area (TPSA) is 72.2 Å². The van der Waals surface area contributed by atoms with Gasteiger partial charge in [-0.05, 0) is 32.0 Å². The van der Waals surface area contributed by atoms with Crippen LogP contribution in [0, 0.1) is 4.77 Å². The Morgan fingerprint density at radius 3 is 2.69 bits per heavy atom. The van der Waals surface area contributed by atoms with E-state index in [1.165, 1.54) is 6.26 Å². The maximum Gasteiger partial charge on any atom is 0.208 e. The molecule has 1 aromatic carbocycles. The van der Waals surface area contributed by atoms with Crippen LogP contribution in [0.5, 0.6) is 0 Å². The Morgan fingerprint density at radius 2 is 2.04 bits per heavy atom. The van der Waals surface area contributed by atoms with Crippen LogP contribution in [-0.4, -0.2) is 53.1 Å². The molecule has 26 heavy (non-hydrogen) atoms. The van der Waals surface area contributed by atoms with Gasteiger partial charge in [-0.3, -0.25) is 4.90 Å². The van der Waals surface area contributed by atoms with Crippen molar-refractivity contribution in [2.45, 2.75) is 39.0 Å². The van der Waals surface area contributed by atoms with Gasteiger partial charge in [0.2, 0.25) is 10.0 Å². The molecule has 0 bridgehead atoms. The minimum atomic E-state index is -3.19. The molecule has 142 valence electrons. The second-order valence-electron chi connectivity index (χ2n) is 6.66. The Balaban J connectivity index is 1.80. The molecular formula is C17H25N5O2S2. The van der Waals surface area contributed by atoms with Gasteiger partial charge in [0.1, 0.15) is 0 Å². The van der Waals surface area contributed by atoms with Gasteiger partial charge in [-0.2, -0.15) is 5.10 Å². The number of nitrogens with one attached hydrogen (secondary N) is 1. The standard InChI is InChI=1S/C17H25N5O2S2/c1-3-21-16(14-8-5-4-6-9-14)18-22(17(21)25)13-20-11-7-10-15(12-20)19-26(2,23)24/h4-6,8-9,15,19H,3,7,10-13H2,1-2H3. The first-order chi connectivity index (χ1) is 12.4. The largest absolute Gasteiger partial charge is 0.300 e. The zero-order valence-corrected chi connectivity index (χ0v) is 16.8. The van der Waals surface area contributed by atoms with E-state index < -0.39 is 10.0 Å². The van der Waals surface area contributed by atoms with E-state index in [-0.39, 0.29) is 6.04 Å². The van der Waals surface area contributed by atoms with Crippen molar-refractivity contribution in [1.29, 1.82) is 0 Å². The minimum absolute atomic E-state index is 0.0604. The molecule has 0 aliphatic carbocycles. The third-order valence-electron chi connectivity index (χ3n) is 4.49. The summed E-state index contributed by atoms with van der Waals surface area (Å²) in [4.78, 5) is 2.20. The average Bonchev–Trinajstić information content (AvgIpc) is 2.90. The van der Waals surface area contributed by atoms with Gasteiger partial charge in [0, 0.05) is 31.2 Å². The highest BCUT2D eigenvalue weighted by Crippen LogP contribution is 2.19. The first-order valence-electron chi connectivity index (χ1n) is 8.80. The molecule has 9 heteroatoms. The molecule has 0 amide bonds. The number of nitrogens with zero attached hydrogens (tertiary/aromatic N) is 4. The summed E-state index contributed by atoms with van der Waals surface area (Å²) in [5.41, 5.74) is 1.04. The third-order valence-corrected chi connectivity index (χ3v) is 5.68. The molecule has 1 saturated heterocycles. The van der Waals surface area contributed by atoms with Crippen molar-refractivity contribution in [1.82, 2.24) is 24.0 Å². The number of benzene rings is 1. The predicted molar refractivity (Wildman–Crippen MR) is 105 cm³/mol. The van der Waals surface area contributed by atoms with Crippen molar-refractivity contribution in [3.63, 3.8) is 0 Å². The highest BCUT2D eigenvalue weighted by molar-refractivity contribution is 7.88. The summed E-state index contributed by atoms with van der Waals surface area (Å²) < 4.78 is 30.3. The van der Waals surface area contributed by atoms with Crippen LogP contribution < -0.4 is 4.72 Å². The molecule has 1 unspecified atom stereocenters. The maximum atomic E-state index is 11.5. The molecule has 0 spiro atoms. The van der Waals surface area contributed by atoms with Gasteiger partial charge in [-0.1, -0.05) is 30.3 Å². The van der Waals surface area contributed by atoms with Gasteiger partial charge in [0.15, 0.2) is 10.6 Å². The fourth-order valence-electron chi connectivity index (χ4n) is 3.39. The molecule has 3 rings (SSSR count). The van der Waals surface area contributed by atoms with E-state index in [9.17, 15) is 8.42 Å². The Bertz CT molecular complexity index is 905. The second-order valence-corrected chi connectivity index (χ2v) is 8.81. The predicted octanol–water partition coefficient (Wildman–Crippen LogP) is 2.07. The number of sulfonamides is 1. The summed E-state index contributed by atoms with van der Waals surface area (Å²) in [5.74, 6) is 0.862. The Kier molecular flexibility index (Phi) is 5.91. The summed E-state index contributed by atoms with van der Waals surface area (Å²) in [7, 11) is -3.19. The van der Waals surface area contributed by atoms with Gasteiger partial charge >= 0.3 is 0 Å². The van der Waals surface area contributed by atoms with E-state index in [1.54, 1.807) is 0 Å². The Labute approximate surface area is 159 Å². The number of likely N-dealkylation sites (tertiary alicyclic amines) is 1. The van der Waals surface area contributed by atoms with Gasteiger partial charge in [0.05, 0.1) is 12.9 Å². The van der Waals surface area contributed by atoms with Crippen molar-refractivity contribution in [3.8, 4) is 11.4 Å². The van der Waals surface area contributed by atoms with Crippen molar-refractivity contribution in [3.05, 3.63) is 35.1 Å². The Hall–Kier alpha value is -1.55. The van der Waals surface area contributed by atoms with Crippen molar-refractivity contribution < 1.29 is 8.42 Å². The van der Waals surface area contributed by atoms with Crippen LogP contribution in [-0.2, 0) is 23.2 Å². The second kappa shape index (κ2) is 7.99. The van der Waals surface area contributed by atoms with Crippen LogP contribution in [0.3, 0.4) is 0 Å². The lowest BCUT2D eigenvalue weighted by molar-refractivity contribution is 0.152. The lowest BCUT2D eigenvalue weighted by atomic mass is 10.1. The van der Waals surface area contributed by atoms with Crippen molar-refractivity contribution in [2.75, 3.05) is 19.3 Å². The summed E-state index contributed by atoms with van der Waals surface area (Å²) in [6, 6.07) is 9.96. The molecule has 1 fully saturated rings. The summed E-state index contributed by atoms with van der Waals surface area (Å²) in [5, 5.41) is 4.74. The molecule has 2 heterocycles. The van der Waals surface area contributed by atoms with E-state index in [1.807, 2.05) is 39.6 Å². The molecule has 2 aromatic rings. The first-order valence-corrected chi connectivity index (χ1v) is 11.1. The van der Waals surface area contributed by atoms with Crippen molar-refractivity contribution in [2.24, 2.45) is 0 Å². The lowest BCUT2D eigenvalue weighted by Gasteiger charge is -2.32. The molecule has 0 radical (unpaired) electrons. The minimum Gasteiger partial charge on any atom is -0.300 e. The van der Waals surface area contributed by atoms with Gasteiger partial charge in [0.25, 0.3) is 0 Å². The molecule has 1 aliphatic heterocycles. The third kappa shape index (κ3) is 4.59. The normalized spacial score (nSPS) is 18.9. The molecular weight excluding hydrogens is 370 g/mol. The molecule has 0 saturated carbocycles. The molecule has 1 N–H and O–H groups in total. The van der Waals surface area contributed by atoms with E-state index in [0.717, 1.165) is 37.3 Å². The summed E-state index contributed by atoms with van der Waals surface area (Å²) in [6.07, 6.45) is 3.01. The molecule has 1 aliphatic rings. The van der Waals surface area contributed by atoms with Crippen LogP contribution in [0.15, 0.2) is 30.3 Å². The van der Waals surface area contributed by atoms with Crippen LogP contribution in [0.4, 0.5) is 0 Å². The van der Waals surface area contributed by atoms with Crippen LogP contribution in [0.2, 0.25) is 0 Å². The van der Waals surface area contributed by atoms with E-state index >= 15 is 0 Å². The van der Waals surface area contributed by atoms with E-state index in [0.29, 0.717) is 18.0 Å². The van der Waals surface area contributed by atoms with Gasteiger partial charge in [-0.15, -0.1) is 0 Å². The van der Waals surface area contributed by atoms with E-state index in [4.69, 9.17) is 17.3 Å². The molecule has 7 nitrogen and oxygen atoms in total. The monoisotopic (exact) mass is 395 g/mol. The fraction of sp³-hybridized carbons (Fsp3) is 0.529.